The van der Waals surface area contributed by atoms with Gasteiger partial charge in [-0.05, 0) is 37.3 Å². The molecule has 2 amide bonds. The zero-order valence-corrected chi connectivity index (χ0v) is 11.8. The van der Waals surface area contributed by atoms with E-state index in [0.717, 1.165) is 5.69 Å². The second-order valence-electron chi connectivity index (χ2n) is 4.66. The molecule has 0 bridgehead atoms. The fourth-order valence-electron chi connectivity index (χ4n) is 1.90. The van der Waals surface area contributed by atoms with Crippen LogP contribution in [0.5, 0.6) is 11.5 Å². The van der Waals surface area contributed by atoms with Gasteiger partial charge in [-0.1, -0.05) is 0 Å². The van der Waals surface area contributed by atoms with Crippen LogP contribution in [0.4, 0.5) is 0 Å². The molecule has 2 aromatic rings. The van der Waals surface area contributed by atoms with Gasteiger partial charge in [0.2, 0.25) is 6.79 Å². The highest BCUT2D eigenvalue weighted by molar-refractivity contribution is 5.99. The van der Waals surface area contributed by atoms with Crippen LogP contribution in [0.3, 0.4) is 0 Å². The molecule has 22 heavy (non-hydrogen) atoms. The molecule has 1 aliphatic heterocycles. The van der Waals surface area contributed by atoms with Gasteiger partial charge in [-0.3, -0.25) is 25.4 Å². The number of pyridine rings is 1. The van der Waals surface area contributed by atoms with Gasteiger partial charge in [0.05, 0.1) is 5.56 Å². The molecule has 7 nitrogen and oxygen atoms in total. The monoisotopic (exact) mass is 299 g/mol. The molecule has 0 spiro atoms. The summed E-state index contributed by atoms with van der Waals surface area (Å²) in [6.07, 6.45) is 1.44. The molecule has 1 aromatic carbocycles. The first-order valence-corrected chi connectivity index (χ1v) is 6.56. The van der Waals surface area contributed by atoms with E-state index < -0.39 is 11.8 Å². The normalized spacial score (nSPS) is 11.9. The first-order chi connectivity index (χ1) is 10.6. The number of hydrogen-bond donors (Lipinski definition) is 2. The van der Waals surface area contributed by atoms with Gasteiger partial charge in [-0.25, -0.2) is 0 Å². The van der Waals surface area contributed by atoms with Crippen LogP contribution in [-0.4, -0.2) is 23.6 Å². The molecule has 2 N–H and O–H groups in total. The Hall–Kier alpha value is -3.09. The van der Waals surface area contributed by atoms with Gasteiger partial charge in [0.1, 0.15) is 0 Å². The number of amides is 2. The van der Waals surface area contributed by atoms with Crippen molar-refractivity contribution in [3.63, 3.8) is 0 Å². The van der Waals surface area contributed by atoms with E-state index in [4.69, 9.17) is 9.47 Å². The fraction of sp³-hybridized carbons (Fsp3) is 0.133. The lowest BCUT2D eigenvalue weighted by Crippen LogP contribution is -2.41. The van der Waals surface area contributed by atoms with E-state index in [1.165, 1.54) is 6.20 Å². The maximum Gasteiger partial charge on any atom is 0.271 e. The Morgan fingerprint density at radius 2 is 1.68 bits per heavy atom. The molecule has 2 heterocycles. The van der Waals surface area contributed by atoms with Crippen LogP contribution in [-0.2, 0) is 0 Å². The molecule has 1 aliphatic rings. The Bertz CT molecular complexity index is 728. The molecule has 0 atom stereocenters. The molecule has 3 rings (SSSR count). The smallest absolute Gasteiger partial charge is 0.271 e. The predicted molar refractivity (Wildman–Crippen MR) is 76.5 cm³/mol. The number of carbonyl (C=O) groups excluding carboxylic acids is 2. The van der Waals surface area contributed by atoms with Crippen LogP contribution >= 0.6 is 0 Å². The molecule has 0 radical (unpaired) electrons. The SMILES string of the molecule is Cc1ccc(C(=O)NNC(=O)c2ccc3c(c2)OCO3)cn1. The van der Waals surface area contributed by atoms with Crippen molar-refractivity contribution in [1.82, 2.24) is 15.8 Å². The minimum absolute atomic E-state index is 0.136. The second-order valence-corrected chi connectivity index (χ2v) is 4.66. The molecule has 0 unspecified atom stereocenters. The number of ether oxygens (including phenoxy) is 2. The number of rotatable bonds is 2. The largest absolute Gasteiger partial charge is 0.454 e. The molecule has 0 saturated carbocycles. The van der Waals surface area contributed by atoms with Gasteiger partial charge in [-0.15, -0.1) is 0 Å². The molecule has 0 fully saturated rings. The quantitative estimate of drug-likeness (QED) is 0.813. The molecular formula is C15H13N3O4. The summed E-state index contributed by atoms with van der Waals surface area (Å²) in [5.74, 6) is 0.196. The number of benzene rings is 1. The number of carbonyl (C=O) groups is 2. The van der Waals surface area contributed by atoms with Crippen molar-refractivity contribution in [2.24, 2.45) is 0 Å². The molecule has 0 aliphatic carbocycles. The van der Waals surface area contributed by atoms with Gasteiger partial charge in [0.15, 0.2) is 11.5 Å². The predicted octanol–water partition coefficient (Wildman–Crippen LogP) is 1.19. The Morgan fingerprint density at radius 3 is 2.41 bits per heavy atom. The minimum atomic E-state index is -0.452. The van der Waals surface area contributed by atoms with Gasteiger partial charge >= 0.3 is 0 Å². The van der Waals surface area contributed by atoms with Crippen molar-refractivity contribution < 1.29 is 19.1 Å². The van der Waals surface area contributed by atoms with Crippen LogP contribution in [0.25, 0.3) is 0 Å². The average molecular weight is 299 g/mol. The van der Waals surface area contributed by atoms with Crippen molar-refractivity contribution in [1.29, 1.82) is 0 Å². The Labute approximate surface area is 126 Å². The van der Waals surface area contributed by atoms with Gasteiger partial charge in [0, 0.05) is 17.5 Å². The Morgan fingerprint density at radius 1 is 1.00 bits per heavy atom. The van der Waals surface area contributed by atoms with Crippen LogP contribution < -0.4 is 20.3 Å². The first-order valence-electron chi connectivity index (χ1n) is 6.56. The van der Waals surface area contributed by atoms with Crippen molar-refractivity contribution in [2.75, 3.05) is 6.79 Å². The number of fused-ring (bicyclic) bond motifs is 1. The van der Waals surface area contributed by atoms with Crippen molar-refractivity contribution in [3.8, 4) is 11.5 Å². The highest BCUT2D eigenvalue weighted by atomic mass is 16.7. The van der Waals surface area contributed by atoms with E-state index in [9.17, 15) is 9.59 Å². The average Bonchev–Trinajstić information content (AvgIpc) is 3.00. The van der Waals surface area contributed by atoms with E-state index in [1.54, 1.807) is 30.3 Å². The Balaban J connectivity index is 1.62. The lowest BCUT2D eigenvalue weighted by Gasteiger charge is -2.08. The topological polar surface area (TPSA) is 89.6 Å². The minimum Gasteiger partial charge on any atom is -0.454 e. The summed E-state index contributed by atoms with van der Waals surface area (Å²) in [5, 5.41) is 0. The van der Waals surface area contributed by atoms with E-state index in [1.807, 2.05) is 6.92 Å². The maximum absolute atomic E-state index is 12.0. The number of hydrogen-bond acceptors (Lipinski definition) is 5. The third-order valence-electron chi connectivity index (χ3n) is 3.10. The van der Waals surface area contributed by atoms with Crippen LogP contribution in [0.2, 0.25) is 0 Å². The number of nitrogens with one attached hydrogen (secondary N) is 2. The number of aryl methyl sites for hydroxylation is 1. The van der Waals surface area contributed by atoms with Crippen molar-refractivity contribution in [2.45, 2.75) is 6.92 Å². The second kappa shape index (κ2) is 5.72. The van der Waals surface area contributed by atoms with Crippen molar-refractivity contribution in [3.05, 3.63) is 53.3 Å². The summed E-state index contributed by atoms with van der Waals surface area (Å²) in [6, 6.07) is 8.13. The standard InChI is InChI=1S/C15H13N3O4/c1-9-2-3-11(7-16-9)15(20)18-17-14(19)10-4-5-12-13(6-10)22-8-21-12/h2-7H,8H2,1H3,(H,17,19)(H,18,20). The van der Waals surface area contributed by atoms with Gasteiger partial charge < -0.3 is 9.47 Å². The zero-order chi connectivity index (χ0) is 15.5. The Kier molecular flexibility index (Phi) is 3.61. The van der Waals surface area contributed by atoms with E-state index in [2.05, 4.69) is 15.8 Å². The third kappa shape index (κ3) is 2.83. The van der Waals surface area contributed by atoms with Crippen LogP contribution in [0.1, 0.15) is 26.4 Å². The molecule has 1 aromatic heterocycles. The molecule has 112 valence electrons. The number of hydrazine groups is 1. The van der Waals surface area contributed by atoms with Gasteiger partial charge in [0.25, 0.3) is 11.8 Å². The van der Waals surface area contributed by atoms with Crippen molar-refractivity contribution >= 4 is 11.8 Å². The highest BCUT2D eigenvalue weighted by Crippen LogP contribution is 2.32. The van der Waals surface area contributed by atoms with E-state index in [0.29, 0.717) is 22.6 Å². The number of nitrogens with zero attached hydrogens (tertiary/aromatic N) is 1. The third-order valence-corrected chi connectivity index (χ3v) is 3.10. The van der Waals surface area contributed by atoms with Gasteiger partial charge in [-0.2, -0.15) is 0 Å². The zero-order valence-electron chi connectivity index (χ0n) is 11.8. The lowest BCUT2D eigenvalue weighted by molar-refractivity contribution is 0.0846. The lowest BCUT2D eigenvalue weighted by atomic mass is 10.2. The summed E-state index contributed by atoms with van der Waals surface area (Å²) >= 11 is 0. The van der Waals surface area contributed by atoms with Crippen LogP contribution in [0.15, 0.2) is 36.5 Å². The summed E-state index contributed by atoms with van der Waals surface area (Å²) < 4.78 is 10.4. The molecule has 7 heteroatoms. The summed E-state index contributed by atoms with van der Waals surface area (Å²) in [7, 11) is 0. The number of aromatic nitrogens is 1. The van der Waals surface area contributed by atoms with Crippen LogP contribution in [0, 0.1) is 6.92 Å². The molecule has 0 saturated heterocycles. The first kappa shape index (κ1) is 13.9. The fourth-order valence-corrected chi connectivity index (χ4v) is 1.90. The maximum atomic E-state index is 12.0. The van der Waals surface area contributed by atoms with E-state index >= 15 is 0 Å². The summed E-state index contributed by atoms with van der Waals surface area (Å²) in [5.41, 5.74) is 6.19. The summed E-state index contributed by atoms with van der Waals surface area (Å²) in [4.78, 5) is 27.9. The van der Waals surface area contributed by atoms with E-state index in [-0.39, 0.29) is 6.79 Å². The molecular weight excluding hydrogens is 286 g/mol. The highest BCUT2D eigenvalue weighted by Gasteiger charge is 2.16. The summed E-state index contributed by atoms with van der Waals surface area (Å²) in [6.45, 7) is 1.96.